The summed E-state index contributed by atoms with van der Waals surface area (Å²) in [7, 11) is 0. The number of ether oxygens (including phenoxy) is 1. The fraction of sp³-hybridized carbons (Fsp3) is 0.562. The van der Waals surface area contributed by atoms with E-state index in [4.69, 9.17) is 16.3 Å². The molecular formula is C16H22ClFN2O2. The maximum Gasteiger partial charge on any atom is 0.234 e. The van der Waals surface area contributed by atoms with Crippen LogP contribution in [0.3, 0.4) is 0 Å². The van der Waals surface area contributed by atoms with Gasteiger partial charge in [-0.3, -0.25) is 4.79 Å². The smallest absolute Gasteiger partial charge is 0.234 e. The van der Waals surface area contributed by atoms with Crippen LogP contribution in [0, 0.1) is 5.82 Å². The maximum absolute atomic E-state index is 13.1. The third-order valence-electron chi connectivity index (χ3n) is 3.74. The fourth-order valence-electron chi connectivity index (χ4n) is 2.61. The molecule has 1 aromatic rings. The van der Waals surface area contributed by atoms with Gasteiger partial charge in [0, 0.05) is 18.2 Å². The minimum atomic E-state index is -0.673. The predicted molar refractivity (Wildman–Crippen MR) is 84.4 cm³/mol. The first kappa shape index (κ1) is 17.2. The molecular weight excluding hydrogens is 307 g/mol. The molecule has 0 aromatic heterocycles. The summed E-state index contributed by atoms with van der Waals surface area (Å²) in [5.41, 5.74) is 0.0102. The highest BCUT2D eigenvalue weighted by molar-refractivity contribution is 6.31. The second-order valence-electron chi connectivity index (χ2n) is 6.06. The van der Waals surface area contributed by atoms with Gasteiger partial charge in [0.1, 0.15) is 5.82 Å². The van der Waals surface area contributed by atoms with Gasteiger partial charge in [0.25, 0.3) is 0 Å². The van der Waals surface area contributed by atoms with Crippen LogP contribution < -0.4 is 10.6 Å². The summed E-state index contributed by atoms with van der Waals surface area (Å²) >= 11 is 6.06. The average Bonchev–Trinajstić information content (AvgIpc) is 2.90. The third kappa shape index (κ3) is 4.66. The van der Waals surface area contributed by atoms with Crippen LogP contribution in [0.1, 0.15) is 32.3 Å². The molecule has 1 heterocycles. The van der Waals surface area contributed by atoms with E-state index in [1.54, 1.807) is 6.07 Å². The zero-order valence-electron chi connectivity index (χ0n) is 12.9. The molecule has 2 N–H and O–H groups in total. The molecule has 4 nitrogen and oxygen atoms in total. The Morgan fingerprint density at radius 1 is 1.50 bits per heavy atom. The van der Waals surface area contributed by atoms with Crippen molar-refractivity contribution in [3.05, 3.63) is 34.6 Å². The van der Waals surface area contributed by atoms with Crippen molar-refractivity contribution in [3.63, 3.8) is 0 Å². The topological polar surface area (TPSA) is 50.4 Å². The van der Waals surface area contributed by atoms with Gasteiger partial charge in [-0.25, -0.2) is 4.39 Å². The molecule has 0 radical (unpaired) electrons. The minimum absolute atomic E-state index is 0.136. The number of carbonyl (C=O) groups is 1. The zero-order valence-corrected chi connectivity index (χ0v) is 13.7. The first-order valence-electron chi connectivity index (χ1n) is 7.47. The Bertz CT molecular complexity index is 531. The summed E-state index contributed by atoms with van der Waals surface area (Å²) in [5, 5.41) is 6.31. The highest BCUT2D eigenvalue weighted by Gasteiger charge is 2.25. The lowest BCUT2D eigenvalue weighted by Crippen LogP contribution is -2.46. The van der Waals surface area contributed by atoms with Crippen molar-refractivity contribution in [1.82, 2.24) is 10.6 Å². The van der Waals surface area contributed by atoms with Crippen molar-refractivity contribution in [2.75, 3.05) is 19.7 Å². The highest BCUT2D eigenvalue weighted by atomic mass is 35.5. The quantitative estimate of drug-likeness (QED) is 0.844. The van der Waals surface area contributed by atoms with E-state index in [9.17, 15) is 9.18 Å². The van der Waals surface area contributed by atoms with Crippen LogP contribution in [0.2, 0.25) is 5.02 Å². The van der Waals surface area contributed by atoms with Crippen molar-refractivity contribution in [2.24, 2.45) is 0 Å². The Labute approximate surface area is 135 Å². The first-order chi connectivity index (χ1) is 10.4. The molecule has 1 aromatic carbocycles. The molecule has 1 aliphatic heterocycles. The lowest BCUT2D eigenvalue weighted by Gasteiger charge is -2.28. The first-order valence-corrected chi connectivity index (χ1v) is 7.85. The summed E-state index contributed by atoms with van der Waals surface area (Å²) in [6.07, 6.45) is 2.31. The van der Waals surface area contributed by atoms with Crippen LogP contribution in [0.25, 0.3) is 0 Å². The van der Waals surface area contributed by atoms with Crippen molar-refractivity contribution < 1.29 is 13.9 Å². The van der Waals surface area contributed by atoms with E-state index in [-0.39, 0.29) is 18.6 Å². The second kappa shape index (κ2) is 7.40. The van der Waals surface area contributed by atoms with Crippen molar-refractivity contribution in [1.29, 1.82) is 0 Å². The minimum Gasteiger partial charge on any atom is -0.377 e. The van der Waals surface area contributed by atoms with Gasteiger partial charge < -0.3 is 15.4 Å². The van der Waals surface area contributed by atoms with Gasteiger partial charge in [-0.1, -0.05) is 17.7 Å². The Kier molecular flexibility index (Phi) is 5.78. The number of rotatable bonds is 6. The molecule has 0 saturated carbocycles. The summed E-state index contributed by atoms with van der Waals surface area (Å²) in [5.74, 6) is -0.530. The molecule has 1 saturated heterocycles. The van der Waals surface area contributed by atoms with Crippen LogP contribution in [-0.4, -0.2) is 31.7 Å². The standard InChI is InChI=1S/C16H22ClFN2O2/c1-16(2,13-6-5-11(18)8-14(13)17)20-15(21)10-19-9-12-4-3-7-22-12/h5-6,8,12,19H,3-4,7,9-10H2,1-2H3,(H,20,21)/t12-/m1/s1. The van der Waals surface area contributed by atoms with Gasteiger partial charge in [0.05, 0.1) is 18.2 Å². The molecule has 0 bridgehead atoms. The molecule has 22 heavy (non-hydrogen) atoms. The number of hydrogen-bond acceptors (Lipinski definition) is 3. The maximum atomic E-state index is 13.1. The largest absolute Gasteiger partial charge is 0.377 e. The molecule has 0 spiro atoms. The Morgan fingerprint density at radius 3 is 2.91 bits per heavy atom. The summed E-state index contributed by atoms with van der Waals surface area (Å²) in [4.78, 5) is 12.1. The highest BCUT2D eigenvalue weighted by Crippen LogP contribution is 2.28. The molecule has 0 unspecified atom stereocenters. The Morgan fingerprint density at radius 2 is 2.27 bits per heavy atom. The fourth-order valence-corrected chi connectivity index (χ4v) is 3.01. The predicted octanol–water partition coefficient (Wildman–Crippen LogP) is 2.60. The van der Waals surface area contributed by atoms with Gasteiger partial charge in [-0.15, -0.1) is 0 Å². The lowest BCUT2D eigenvalue weighted by molar-refractivity contribution is -0.122. The normalized spacial score (nSPS) is 18.5. The van der Waals surface area contributed by atoms with Gasteiger partial charge in [0.2, 0.25) is 5.91 Å². The Balaban J connectivity index is 1.85. The van der Waals surface area contributed by atoms with Crippen molar-refractivity contribution >= 4 is 17.5 Å². The van der Waals surface area contributed by atoms with E-state index >= 15 is 0 Å². The van der Waals surface area contributed by atoms with Gasteiger partial charge >= 0.3 is 0 Å². The summed E-state index contributed by atoms with van der Waals surface area (Å²) in [6.45, 7) is 5.36. The molecule has 0 aliphatic carbocycles. The average molecular weight is 329 g/mol. The van der Waals surface area contributed by atoms with E-state index < -0.39 is 11.4 Å². The van der Waals surface area contributed by atoms with Crippen LogP contribution in [0.4, 0.5) is 4.39 Å². The summed E-state index contributed by atoms with van der Waals surface area (Å²) < 4.78 is 18.6. The zero-order chi connectivity index (χ0) is 16.2. The van der Waals surface area contributed by atoms with Gasteiger partial charge in [0.15, 0.2) is 0 Å². The van der Waals surface area contributed by atoms with Crippen molar-refractivity contribution in [3.8, 4) is 0 Å². The van der Waals surface area contributed by atoms with E-state index in [2.05, 4.69) is 10.6 Å². The number of nitrogens with one attached hydrogen (secondary N) is 2. The number of carbonyl (C=O) groups excluding carboxylic acids is 1. The van der Waals surface area contributed by atoms with Gasteiger partial charge in [-0.05, 0) is 44.4 Å². The number of hydrogen-bond donors (Lipinski definition) is 2. The summed E-state index contributed by atoms with van der Waals surface area (Å²) in [6, 6.07) is 4.18. The second-order valence-corrected chi connectivity index (χ2v) is 6.47. The SMILES string of the molecule is CC(C)(NC(=O)CNC[C@H]1CCCO1)c1ccc(F)cc1Cl. The van der Waals surface area contributed by atoms with E-state index in [1.165, 1.54) is 12.1 Å². The number of benzene rings is 1. The third-order valence-corrected chi connectivity index (χ3v) is 4.05. The van der Waals surface area contributed by atoms with E-state index in [1.807, 2.05) is 13.8 Å². The Hall–Kier alpha value is -1.17. The molecule has 122 valence electrons. The molecule has 6 heteroatoms. The van der Waals surface area contributed by atoms with E-state index in [0.29, 0.717) is 17.1 Å². The molecule has 1 amide bonds. The molecule has 1 fully saturated rings. The van der Waals surface area contributed by atoms with Crippen molar-refractivity contribution in [2.45, 2.75) is 38.3 Å². The number of halogens is 2. The van der Waals surface area contributed by atoms with Crippen LogP contribution in [0.5, 0.6) is 0 Å². The van der Waals surface area contributed by atoms with Gasteiger partial charge in [-0.2, -0.15) is 0 Å². The number of amides is 1. The van der Waals surface area contributed by atoms with Crippen LogP contribution in [-0.2, 0) is 15.1 Å². The van der Waals surface area contributed by atoms with Crippen LogP contribution >= 0.6 is 11.6 Å². The van der Waals surface area contributed by atoms with E-state index in [0.717, 1.165) is 19.4 Å². The van der Waals surface area contributed by atoms with Crippen LogP contribution in [0.15, 0.2) is 18.2 Å². The lowest BCUT2D eigenvalue weighted by atomic mass is 9.94. The molecule has 1 atom stereocenters. The monoisotopic (exact) mass is 328 g/mol. The molecule has 2 rings (SSSR count). The molecule has 1 aliphatic rings.